The molecule has 0 spiro atoms. The molecule has 0 aromatic heterocycles. The largest absolute Gasteiger partial charge is 0.464 e. The minimum Gasteiger partial charge on any atom is -0.464 e. The van der Waals surface area contributed by atoms with E-state index in [0.29, 0.717) is 0 Å². The van der Waals surface area contributed by atoms with E-state index in [-0.39, 0.29) is 10.0 Å². The lowest BCUT2D eigenvalue weighted by molar-refractivity contribution is -0.133. The Kier molecular flexibility index (Phi) is 10.2. The van der Waals surface area contributed by atoms with Crippen molar-refractivity contribution in [1.82, 2.24) is 0 Å². The van der Waals surface area contributed by atoms with Crippen LogP contribution in [-0.4, -0.2) is 42.4 Å². The van der Waals surface area contributed by atoms with Crippen molar-refractivity contribution in [3.8, 4) is 0 Å². The van der Waals surface area contributed by atoms with Gasteiger partial charge in [0.05, 0.1) is 14.2 Å². The Hall–Kier alpha value is -1.15. The third-order valence-electron chi connectivity index (χ3n) is 0.961. The molecule has 0 aliphatic carbocycles. The molecule has 3 N–H and O–H groups in total. The summed E-state index contributed by atoms with van der Waals surface area (Å²) in [5.74, 6) is -1.22. The molecule has 0 heterocycles. The molecule has 0 aliphatic rings. The topological polar surface area (TPSA) is 102 Å². The van der Waals surface area contributed by atoms with E-state index in [1.165, 1.54) is 14.2 Å². The lowest BCUT2D eigenvalue weighted by atomic mass is 10.7. The molecule has 0 aromatic rings. The van der Waals surface area contributed by atoms with Gasteiger partial charge in [0, 0.05) is 0 Å². The lowest BCUT2D eigenvalue weighted by Crippen LogP contribution is -2.21. The lowest BCUT2D eigenvalue weighted by Gasteiger charge is -1.93. The number of methoxy groups -OCH3 is 2. The molecule has 0 saturated carbocycles. The van der Waals surface area contributed by atoms with Crippen molar-refractivity contribution in [2.75, 3.05) is 20.5 Å². The monoisotopic (exact) mass is 252 g/mol. The molecule has 86 valence electrons. The first-order valence-electron chi connectivity index (χ1n) is 3.49. The SMILES string of the molecule is COC(=O)C(=N)SC.COC(=O)C(N)=S. The summed E-state index contributed by atoms with van der Waals surface area (Å²) < 4.78 is 8.33. The fraction of sp³-hybridized carbons (Fsp3) is 0.429. The average molecular weight is 252 g/mol. The molecule has 0 aromatic carbocycles. The number of thiocarbonyl (C=S) groups is 1. The fourth-order valence-electron chi connectivity index (χ4n) is 0.277. The summed E-state index contributed by atoms with van der Waals surface area (Å²) in [6.45, 7) is 0. The van der Waals surface area contributed by atoms with E-state index in [0.717, 1.165) is 11.8 Å². The first kappa shape index (κ1) is 16.3. The summed E-state index contributed by atoms with van der Waals surface area (Å²) in [4.78, 5) is 20.1. The Balaban J connectivity index is 0. The van der Waals surface area contributed by atoms with Crippen molar-refractivity contribution in [3.63, 3.8) is 0 Å². The number of rotatable bonds is 0. The van der Waals surface area contributed by atoms with Crippen LogP contribution in [0.25, 0.3) is 0 Å². The normalized spacial score (nSPS) is 7.93. The van der Waals surface area contributed by atoms with Crippen LogP contribution in [0.1, 0.15) is 0 Å². The van der Waals surface area contributed by atoms with Gasteiger partial charge in [-0.1, -0.05) is 12.2 Å². The third-order valence-corrected chi connectivity index (χ3v) is 1.70. The molecule has 6 nitrogen and oxygen atoms in total. The van der Waals surface area contributed by atoms with E-state index in [1.807, 2.05) is 0 Å². The molecule has 0 atom stereocenters. The summed E-state index contributed by atoms with van der Waals surface area (Å²) in [7, 11) is 2.48. The van der Waals surface area contributed by atoms with Gasteiger partial charge in [0.2, 0.25) is 0 Å². The van der Waals surface area contributed by atoms with Crippen LogP contribution in [-0.2, 0) is 19.1 Å². The fourth-order valence-corrected chi connectivity index (χ4v) is 0.610. The van der Waals surface area contributed by atoms with Crippen molar-refractivity contribution >= 4 is 46.0 Å². The zero-order chi connectivity index (χ0) is 12.4. The second-order valence-electron chi connectivity index (χ2n) is 1.88. The van der Waals surface area contributed by atoms with Crippen molar-refractivity contribution in [2.45, 2.75) is 0 Å². The molecule has 0 amide bonds. The molecule has 0 saturated heterocycles. The van der Waals surface area contributed by atoms with Gasteiger partial charge in [-0.05, 0) is 6.26 Å². The number of nitrogens with two attached hydrogens (primary N) is 1. The molecule has 0 bridgehead atoms. The van der Waals surface area contributed by atoms with Gasteiger partial charge in [0.1, 0.15) is 0 Å². The summed E-state index contributed by atoms with van der Waals surface area (Å²) in [5.41, 5.74) is 4.80. The summed E-state index contributed by atoms with van der Waals surface area (Å²) in [5, 5.41) is 6.77. The summed E-state index contributed by atoms with van der Waals surface area (Å²) in [6.07, 6.45) is 1.65. The minimum absolute atomic E-state index is 0.0625. The number of thioether (sulfide) groups is 1. The molecule has 0 aliphatic heterocycles. The molecule has 0 radical (unpaired) electrons. The minimum atomic E-state index is -0.644. The molecule has 8 heteroatoms. The number of hydrogen-bond acceptors (Lipinski definition) is 7. The molecule has 0 unspecified atom stereocenters. The second kappa shape index (κ2) is 9.41. The van der Waals surface area contributed by atoms with Gasteiger partial charge >= 0.3 is 11.9 Å². The first-order valence-corrected chi connectivity index (χ1v) is 5.12. The maximum Gasteiger partial charge on any atom is 0.365 e. The van der Waals surface area contributed by atoms with Crippen LogP contribution in [0.4, 0.5) is 0 Å². The quantitative estimate of drug-likeness (QED) is 0.269. The molecular formula is C7H12N2O4S2. The van der Waals surface area contributed by atoms with Crippen molar-refractivity contribution < 1.29 is 19.1 Å². The Morgan fingerprint density at radius 3 is 1.73 bits per heavy atom. The molecular weight excluding hydrogens is 240 g/mol. The maximum absolute atomic E-state index is 10.3. The molecule has 15 heavy (non-hydrogen) atoms. The van der Waals surface area contributed by atoms with Crippen LogP contribution in [0.2, 0.25) is 0 Å². The Labute approximate surface area is 97.0 Å². The van der Waals surface area contributed by atoms with Gasteiger partial charge in [-0.15, -0.1) is 11.8 Å². The van der Waals surface area contributed by atoms with Gasteiger partial charge in [0.25, 0.3) is 0 Å². The Bertz CT molecular complexity index is 254. The molecule has 0 rings (SSSR count). The van der Waals surface area contributed by atoms with E-state index in [9.17, 15) is 9.59 Å². The van der Waals surface area contributed by atoms with Crippen LogP contribution < -0.4 is 5.73 Å². The highest BCUT2D eigenvalue weighted by Crippen LogP contribution is 1.95. The van der Waals surface area contributed by atoms with E-state index in [2.05, 4.69) is 21.7 Å². The highest BCUT2D eigenvalue weighted by Gasteiger charge is 2.04. The number of carbonyl (C=O) groups is 2. The van der Waals surface area contributed by atoms with Crippen LogP contribution in [0.15, 0.2) is 0 Å². The van der Waals surface area contributed by atoms with E-state index >= 15 is 0 Å². The van der Waals surface area contributed by atoms with Crippen molar-refractivity contribution in [1.29, 1.82) is 5.41 Å². The van der Waals surface area contributed by atoms with Crippen LogP contribution >= 0.6 is 24.0 Å². The van der Waals surface area contributed by atoms with Crippen LogP contribution in [0.5, 0.6) is 0 Å². The standard InChI is InChI=1S/C4H7NO2S.C3H5NO2S/c1-7-4(6)3(5)8-2;1-6-3(5)2(4)7/h5H,1-2H3;1H3,(H2,4,7). The smallest absolute Gasteiger partial charge is 0.365 e. The average Bonchev–Trinajstić information content (AvgIpc) is 2.26. The number of nitrogens with one attached hydrogen (secondary N) is 1. The van der Waals surface area contributed by atoms with Crippen LogP contribution in [0.3, 0.4) is 0 Å². The Morgan fingerprint density at radius 1 is 1.27 bits per heavy atom. The number of hydrogen-bond donors (Lipinski definition) is 2. The summed E-state index contributed by atoms with van der Waals surface area (Å²) in [6, 6.07) is 0. The first-order chi connectivity index (χ1) is 6.90. The second-order valence-corrected chi connectivity index (χ2v) is 3.14. The number of esters is 2. The zero-order valence-electron chi connectivity index (χ0n) is 8.53. The van der Waals surface area contributed by atoms with Gasteiger partial charge in [-0.3, -0.25) is 5.41 Å². The summed E-state index contributed by atoms with van der Waals surface area (Å²) >= 11 is 5.29. The van der Waals surface area contributed by atoms with Crippen molar-refractivity contribution in [2.24, 2.45) is 5.73 Å². The predicted octanol–water partition coefficient (Wildman–Crippen LogP) is -0.0548. The van der Waals surface area contributed by atoms with E-state index in [1.54, 1.807) is 6.26 Å². The van der Waals surface area contributed by atoms with Crippen molar-refractivity contribution in [3.05, 3.63) is 0 Å². The van der Waals surface area contributed by atoms with Gasteiger partial charge in [0.15, 0.2) is 10.0 Å². The number of ether oxygens (including phenoxy) is 2. The maximum atomic E-state index is 10.3. The number of carbonyl (C=O) groups excluding carboxylic acids is 2. The predicted molar refractivity (Wildman–Crippen MR) is 62.1 cm³/mol. The van der Waals surface area contributed by atoms with Crippen LogP contribution in [0, 0.1) is 5.41 Å². The van der Waals surface area contributed by atoms with E-state index < -0.39 is 11.9 Å². The third kappa shape index (κ3) is 9.16. The highest BCUT2D eigenvalue weighted by molar-refractivity contribution is 8.14. The molecule has 0 fully saturated rings. The van der Waals surface area contributed by atoms with Gasteiger partial charge in [-0.2, -0.15) is 0 Å². The van der Waals surface area contributed by atoms with Gasteiger partial charge < -0.3 is 15.2 Å². The van der Waals surface area contributed by atoms with Gasteiger partial charge in [-0.25, -0.2) is 9.59 Å². The van der Waals surface area contributed by atoms with E-state index in [4.69, 9.17) is 11.1 Å². The Morgan fingerprint density at radius 2 is 1.67 bits per heavy atom. The highest BCUT2D eigenvalue weighted by atomic mass is 32.2. The zero-order valence-corrected chi connectivity index (χ0v) is 10.2.